The molecule has 1 fully saturated rings. The standard InChI is InChI=1S/C16H26N2OS/c1-11-9-18(10-12(2)20-11)16(13(3)17)14-5-7-15(19-4)8-6-14/h5-8,11-13,16H,9-10,17H2,1-4H3. The molecule has 1 saturated heterocycles. The molecule has 112 valence electrons. The Morgan fingerprint density at radius 3 is 2.20 bits per heavy atom. The minimum absolute atomic E-state index is 0.117. The molecule has 0 amide bonds. The lowest BCUT2D eigenvalue weighted by Gasteiger charge is -2.41. The van der Waals surface area contributed by atoms with Crippen molar-refractivity contribution in [2.45, 2.75) is 43.4 Å². The highest BCUT2D eigenvalue weighted by Crippen LogP contribution is 2.32. The van der Waals surface area contributed by atoms with Crippen LogP contribution in [0.2, 0.25) is 0 Å². The summed E-state index contributed by atoms with van der Waals surface area (Å²) in [5.41, 5.74) is 7.57. The lowest BCUT2D eigenvalue weighted by atomic mass is 9.98. The van der Waals surface area contributed by atoms with E-state index in [1.807, 2.05) is 12.1 Å². The van der Waals surface area contributed by atoms with Crippen LogP contribution in [0.1, 0.15) is 32.4 Å². The number of benzene rings is 1. The van der Waals surface area contributed by atoms with Crippen LogP contribution in [-0.4, -0.2) is 41.6 Å². The van der Waals surface area contributed by atoms with Crippen molar-refractivity contribution in [1.29, 1.82) is 0 Å². The second-order valence-electron chi connectivity index (χ2n) is 5.79. The van der Waals surface area contributed by atoms with Gasteiger partial charge in [-0.25, -0.2) is 0 Å². The van der Waals surface area contributed by atoms with Crippen LogP contribution in [0.15, 0.2) is 24.3 Å². The van der Waals surface area contributed by atoms with Crippen molar-refractivity contribution in [3.8, 4) is 5.75 Å². The fraction of sp³-hybridized carbons (Fsp3) is 0.625. The quantitative estimate of drug-likeness (QED) is 0.926. The SMILES string of the molecule is COc1ccc(C(C(C)N)N2CC(C)SC(C)C2)cc1. The summed E-state index contributed by atoms with van der Waals surface area (Å²) in [6.07, 6.45) is 0. The zero-order valence-corrected chi connectivity index (χ0v) is 13.7. The highest BCUT2D eigenvalue weighted by atomic mass is 32.2. The zero-order chi connectivity index (χ0) is 14.7. The average molecular weight is 294 g/mol. The van der Waals surface area contributed by atoms with Gasteiger partial charge in [-0.2, -0.15) is 11.8 Å². The molecule has 0 aliphatic carbocycles. The van der Waals surface area contributed by atoms with Gasteiger partial charge >= 0.3 is 0 Å². The molecule has 4 atom stereocenters. The van der Waals surface area contributed by atoms with Crippen LogP contribution < -0.4 is 10.5 Å². The van der Waals surface area contributed by atoms with Crippen molar-refractivity contribution >= 4 is 11.8 Å². The molecule has 4 heteroatoms. The molecule has 0 aromatic heterocycles. The molecule has 0 spiro atoms. The van der Waals surface area contributed by atoms with E-state index in [0.29, 0.717) is 10.5 Å². The van der Waals surface area contributed by atoms with E-state index in [1.165, 1.54) is 5.56 Å². The highest BCUT2D eigenvalue weighted by Gasteiger charge is 2.30. The minimum atomic E-state index is 0.117. The van der Waals surface area contributed by atoms with Crippen LogP contribution in [0.3, 0.4) is 0 Å². The Kier molecular flexibility index (Phi) is 5.35. The van der Waals surface area contributed by atoms with Crippen molar-refractivity contribution in [2.24, 2.45) is 5.73 Å². The number of hydrogen-bond donors (Lipinski definition) is 1. The Morgan fingerprint density at radius 1 is 1.20 bits per heavy atom. The Balaban J connectivity index is 2.21. The maximum atomic E-state index is 6.28. The predicted octanol–water partition coefficient (Wildman–Crippen LogP) is 2.91. The van der Waals surface area contributed by atoms with Crippen molar-refractivity contribution in [3.63, 3.8) is 0 Å². The molecule has 20 heavy (non-hydrogen) atoms. The van der Waals surface area contributed by atoms with Crippen LogP contribution in [-0.2, 0) is 0 Å². The number of thioether (sulfide) groups is 1. The minimum Gasteiger partial charge on any atom is -0.497 e. The second-order valence-corrected chi connectivity index (χ2v) is 7.67. The molecule has 4 unspecified atom stereocenters. The predicted molar refractivity (Wildman–Crippen MR) is 87.5 cm³/mol. The van der Waals surface area contributed by atoms with Crippen LogP contribution >= 0.6 is 11.8 Å². The van der Waals surface area contributed by atoms with Crippen molar-refractivity contribution in [2.75, 3.05) is 20.2 Å². The fourth-order valence-corrected chi connectivity index (χ4v) is 4.44. The largest absolute Gasteiger partial charge is 0.497 e. The van der Waals surface area contributed by atoms with Crippen molar-refractivity contribution in [1.82, 2.24) is 4.90 Å². The molecular weight excluding hydrogens is 268 g/mol. The molecule has 1 aromatic rings. The smallest absolute Gasteiger partial charge is 0.118 e. The summed E-state index contributed by atoms with van der Waals surface area (Å²) in [5.74, 6) is 0.896. The third kappa shape index (κ3) is 3.68. The summed E-state index contributed by atoms with van der Waals surface area (Å²) in [4.78, 5) is 2.54. The first kappa shape index (κ1) is 15.7. The molecule has 0 radical (unpaired) electrons. The lowest BCUT2D eigenvalue weighted by Crippen LogP contribution is -2.47. The van der Waals surface area contributed by atoms with Gasteiger partial charge < -0.3 is 10.5 Å². The summed E-state index contributed by atoms with van der Waals surface area (Å²) in [6, 6.07) is 8.73. The molecule has 1 aliphatic heterocycles. The van der Waals surface area contributed by atoms with Crippen LogP contribution in [0.25, 0.3) is 0 Å². The highest BCUT2D eigenvalue weighted by molar-refractivity contribution is 8.00. The monoisotopic (exact) mass is 294 g/mol. The Hall–Kier alpha value is -0.710. The van der Waals surface area contributed by atoms with Gasteiger partial charge in [-0.3, -0.25) is 4.90 Å². The number of methoxy groups -OCH3 is 1. The molecular formula is C16H26N2OS. The first-order valence-electron chi connectivity index (χ1n) is 7.30. The topological polar surface area (TPSA) is 38.5 Å². The van der Waals surface area contributed by atoms with E-state index in [1.54, 1.807) is 7.11 Å². The molecule has 1 aromatic carbocycles. The molecule has 0 bridgehead atoms. The number of ether oxygens (including phenoxy) is 1. The first-order chi connectivity index (χ1) is 9.51. The number of hydrogen-bond acceptors (Lipinski definition) is 4. The zero-order valence-electron chi connectivity index (χ0n) is 12.9. The van der Waals surface area contributed by atoms with Crippen molar-refractivity contribution in [3.05, 3.63) is 29.8 Å². The lowest BCUT2D eigenvalue weighted by molar-refractivity contribution is 0.174. The van der Waals surface area contributed by atoms with E-state index in [4.69, 9.17) is 10.5 Å². The summed E-state index contributed by atoms with van der Waals surface area (Å²) in [6.45, 7) is 8.92. The third-order valence-corrected chi connectivity index (χ3v) is 5.02. The van der Waals surface area contributed by atoms with Gasteiger partial charge in [0.15, 0.2) is 0 Å². The molecule has 1 heterocycles. The van der Waals surface area contributed by atoms with Gasteiger partial charge in [-0.1, -0.05) is 26.0 Å². The van der Waals surface area contributed by atoms with Gasteiger partial charge in [-0.05, 0) is 24.6 Å². The summed E-state index contributed by atoms with van der Waals surface area (Å²) >= 11 is 2.07. The van der Waals surface area contributed by atoms with Gasteiger partial charge in [0.05, 0.1) is 7.11 Å². The van der Waals surface area contributed by atoms with E-state index in [-0.39, 0.29) is 12.1 Å². The molecule has 2 N–H and O–H groups in total. The first-order valence-corrected chi connectivity index (χ1v) is 8.24. The Labute approximate surface area is 126 Å². The maximum Gasteiger partial charge on any atom is 0.118 e. The number of nitrogens with zero attached hydrogens (tertiary/aromatic N) is 1. The van der Waals surface area contributed by atoms with E-state index < -0.39 is 0 Å². The third-order valence-electron chi connectivity index (χ3n) is 3.80. The molecule has 3 nitrogen and oxygen atoms in total. The Morgan fingerprint density at radius 2 is 1.75 bits per heavy atom. The van der Waals surface area contributed by atoms with E-state index in [0.717, 1.165) is 18.8 Å². The van der Waals surface area contributed by atoms with Gasteiger partial charge in [0.25, 0.3) is 0 Å². The number of nitrogens with two attached hydrogens (primary N) is 1. The normalized spacial score (nSPS) is 27.1. The van der Waals surface area contributed by atoms with Crippen LogP contribution in [0.5, 0.6) is 5.75 Å². The van der Waals surface area contributed by atoms with Gasteiger partial charge in [0, 0.05) is 35.7 Å². The van der Waals surface area contributed by atoms with Crippen LogP contribution in [0, 0.1) is 0 Å². The van der Waals surface area contributed by atoms with E-state index >= 15 is 0 Å². The second kappa shape index (κ2) is 6.83. The Bertz CT molecular complexity index is 411. The molecule has 0 saturated carbocycles. The summed E-state index contributed by atoms with van der Waals surface area (Å²) in [7, 11) is 1.70. The average Bonchev–Trinajstić information content (AvgIpc) is 2.38. The van der Waals surface area contributed by atoms with Crippen LogP contribution in [0.4, 0.5) is 0 Å². The van der Waals surface area contributed by atoms with E-state index in [2.05, 4.69) is 49.6 Å². The number of rotatable bonds is 4. The van der Waals surface area contributed by atoms with E-state index in [9.17, 15) is 0 Å². The maximum absolute atomic E-state index is 6.28. The fourth-order valence-electron chi connectivity index (χ4n) is 3.09. The summed E-state index contributed by atoms with van der Waals surface area (Å²) in [5, 5.41) is 1.33. The van der Waals surface area contributed by atoms with Crippen molar-refractivity contribution < 1.29 is 4.74 Å². The summed E-state index contributed by atoms with van der Waals surface area (Å²) < 4.78 is 5.24. The van der Waals surface area contributed by atoms with Gasteiger partial charge in [0.2, 0.25) is 0 Å². The van der Waals surface area contributed by atoms with Gasteiger partial charge in [-0.15, -0.1) is 0 Å². The van der Waals surface area contributed by atoms with Gasteiger partial charge in [0.1, 0.15) is 5.75 Å². The molecule has 2 rings (SSSR count). The molecule has 1 aliphatic rings.